The van der Waals surface area contributed by atoms with E-state index in [2.05, 4.69) is 191 Å². The van der Waals surface area contributed by atoms with Crippen LogP contribution in [-0.2, 0) is 0 Å². The van der Waals surface area contributed by atoms with Gasteiger partial charge in [-0.2, -0.15) is 0 Å². The summed E-state index contributed by atoms with van der Waals surface area (Å²) in [5.74, 6) is 1.88. The van der Waals surface area contributed by atoms with E-state index >= 15 is 0 Å². The molecule has 262 valence electrons. The van der Waals surface area contributed by atoms with Gasteiger partial charge in [0.15, 0.2) is 17.5 Å². The molecule has 0 bridgehead atoms. The number of para-hydroxylation sites is 3. The smallest absolute Gasteiger partial charge is 0.164 e. The molecule has 56 heavy (non-hydrogen) atoms. The number of fused-ring (bicyclic) bond motifs is 6. The van der Waals surface area contributed by atoms with Crippen molar-refractivity contribution in [2.75, 3.05) is 0 Å². The molecule has 0 N–H and O–H groups in total. The standard InChI is InChI=1S/C51H33N5/c1-4-15-34(16-5-1)36-27-29-48-43(32-36)41-23-11-13-26-46(41)56(48)40-22-14-19-37(31-40)50-52-49(35-17-6-2-7-18-35)53-51(54-50)38-28-30-47-44(33-38)42-24-10-12-25-45(42)55(47)39-20-8-3-9-21-39/h1-33H. The highest BCUT2D eigenvalue weighted by Crippen LogP contribution is 2.37. The van der Waals surface area contributed by atoms with Gasteiger partial charge in [0, 0.05) is 49.6 Å². The molecule has 3 aromatic heterocycles. The number of hydrogen-bond acceptors (Lipinski definition) is 3. The fraction of sp³-hybridized carbons (Fsp3) is 0. The SMILES string of the molecule is c1ccc(-c2ccc3c(c2)c2ccccc2n3-c2cccc(-c3nc(-c4ccccc4)nc(-c4ccc5c(c4)c4ccccc4n5-c4ccccc4)n3)c2)cc1. The number of benzene rings is 8. The first kappa shape index (κ1) is 31.9. The zero-order valence-corrected chi connectivity index (χ0v) is 30.3. The minimum Gasteiger partial charge on any atom is -0.309 e. The van der Waals surface area contributed by atoms with Gasteiger partial charge in [-0.3, -0.25) is 0 Å². The second kappa shape index (κ2) is 13.0. The molecule has 5 heteroatoms. The fourth-order valence-electron chi connectivity index (χ4n) is 8.16. The van der Waals surface area contributed by atoms with Gasteiger partial charge in [0.05, 0.1) is 22.1 Å². The Hall–Kier alpha value is -7.63. The molecule has 0 aliphatic carbocycles. The van der Waals surface area contributed by atoms with Crippen molar-refractivity contribution in [3.63, 3.8) is 0 Å². The molecule has 0 saturated heterocycles. The number of nitrogens with zero attached hydrogens (tertiary/aromatic N) is 5. The molecule has 11 rings (SSSR count). The van der Waals surface area contributed by atoms with Crippen molar-refractivity contribution < 1.29 is 0 Å². The van der Waals surface area contributed by atoms with Crippen LogP contribution < -0.4 is 0 Å². The van der Waals surface area contributed by atoms with E-state index in [0.29, 0.717) is 17.5 Å². The van der Waals surface area contributed by atoms with E-state index in [4.69, 9.17) is 15.0 Å². The third kappa shape index (κ3) is 5.29. The first-order valence-electron chi connectivity index (χ1n) is 18.9. The summed E-state index contributed by atoms with van der Waals surface area (Å²) in [4.78, 5) is 15.4. The topological polar surface area (TPSA) is 48.5 Å². The fourth-order valence-corrected chi connectivity index (χ4v) is 8.16. The van der Waals surface area contributed by atoms with E-state index in [9.17, 15) is 0 Å². The predicted molar refractivity (Wildman–Crippen MR) is 230 cm³/mol. The van der Waals surface area contributed by atoms with Crippen molar-refractivity contribution in [3.8, 4) is 56.7 Å². The summed E-state index contributed by atoms with van der Waals surface area (Å²) in [6.45, 7) is 0. The van der Waals surface area contributed by atoms with Crippen molar-refractivity contribution >= 4 is 43.6 Å². The maximum Gasteiger partial charge on any atom is 0.164 e. The van der Waals surface area contributed by atoms with Gasteiger partial charge in [0.1, 0.15) is 0 Å². The quantitative estimate of drug-likeness (QED) is 0.172. The average molecular weight is 716 g/mol. The molecule has 3 heterocycles. The Bertz CT molecular complexity index is 3240. The van der Waals surface area contributed by atoms with Crippen LogP contribution in [0.3, 0.4) is 0 Å². The van der Waals surface area contributed by atoms with E-state index in [1.165, 1.54) is 27.3 Å². The van der Waals surface area contributed by atoms with Crippen LogP contribution in [0, 0.1) is 0 Å². The van der Waals surface area contributed by atoms with Gasteiger partial charge in [0.25, 0.3) is 0 Å². The normalized spacial score (nSPS) is 11.6. The van der Waals surface area contributed by atoms with Crippen LogP contribution in [0.15, 0.2) is 200 Å². The molecule has 0 saturated carbocycles. The highest BCUT2D eigenvalue weighted by atomic mass is 15.0. The molecule has 0 amide bonds. The number of hydrogen-bond donors (Lipinski definition) is 0. The lowest BCUT2D eigenvalue weighted by Crippen LogP contribution is -2.01. The first-order valence-corrected chi connectivity index (χ1v) is 18.9. The first-order chi connectivity index (χ1) is 27.8. The van der Waals surface area contributed by atoms with Gasteiger partial charge in [-0.25, -0.2) is 15.0 Å². The van der Waals surface area contributed by atoms with Crippen LogP contribution in [0.2, 0.25) is 0 Å². The van der Waals surface area contributed by atoms with Gasteiger partial charge in [0.2, 0.25) is 0 Å². The molecule has 8 aromatic carbocycles. The Balaban J connectivity index is 1.08. The van der Waals surface area contributed by atoms with E-state index in [1.807, 2.05) is 18.2 Å². The Morgan fingerprint density at radius 3 is 1.29 bits per heavy atom. The van der Waals surface area contributed by atoms with Crippen LogP contribution in [0.4, 0.5) is 0 Å². The molecular formula is C51H33N5. The summed E-state index contributed by atoms with van der Waals surface area (Å²) in [6.07, 6.45) is 0. The van der Waals surface area contributed by atoms with E-state index < -0.39 is 0 Å². The van der Waals surface area contributed by atoms with Gasteiger partial charge in [-0.05, 0) is 77.9 Å². The molecule has 11 aromatic rings. The summed E-state index contributed by atoms with van der Waals surface area (Å²) in [5, 5.41) is 4.75. The van der Waals surface area contributed by atoms with Crippen LogP contribution in [0.1, 0.15) is 0 Å². The van der Waals surface area contributed by atoms with Crippen molar-refractivity contribution in [1.82, 2.24) is 24.1 Å². The predicted octanol–water partition coefficient (Wildman–Crippen LogP) is 12.7. The van der Waals surface area contributed by atoms with Crippen LogP contribution in [0.5, 0.6) is 0 Å². The maximum absolute atomic E-state index is 5.21. The summed E-state index contributed by atoms with van der Waals surface area (Å²) >= 11 is 0. The van der Waals surface area contributed by atoms with Crippen LogP contribution in [0.25, 0.3) is 100 Å². The van der Waals surface area contributed by atoms with E-state index in [-0.39, 0.29) is 0 Å². The lowest BCUT2D eigenvalue weighted by Gasteiger charge is -2.12. The van der Waals surface area contributed by atoms with Crippen LogP contribution in [-0.4, -0.2) is 24.1 Å². The third-order valence-electron chi connectivity index (χ3n) is 10.8. The van der Waals surface area contributed by atoms with Gasteiger partial charge < -0.3 is 9.13 Å². The molecule has 5 nitrogen and oxygen atoms in total. The molecule has 0 unspecified atom stereocenters. The Morgan fingerprint density at radius 1 is 0.250 bits per heavy atom. The molecule has 0 aliphatic rings. The Morgan fingerprint density at radius 2 is 0.661 bits per heavy atom. The second-order valence-electron chi connectivity index (χ2n) is 14.1. The van der Waals surface area contributed by atoms with Crippen molar-refractivity contribution in [2.45, 2.75) is 0 Å². The van der Waals surface area contributed by atoms with E-state index in [0.717, 1.165) is 55.5 Å². The van der Waals surface area contributed by atoms with Gasteiger partial charge in [-0.1, -0.05) is 133 Å². The third-order valence-corrected chi connectivity index (χ3v) is 10.8. The van der Waals surface area contributed by atoms with Crippen molar-refractivity contribution in [2.24, 2.45) is 0 Å². The monoisotopic (exact) mass is 715 g/mol. The molecule has 0 spiro atoms. The molecular weight excluding hydrogens is 683 g/mol. The lowest BCUT2D eigenvalue weighted by atomic mass is 10.0. The molecule has 0 radical (unpaired) electrons. The Labute approximate surface area is 323 Å². The van der Waals surface area contributed by atoms with Gasteiger partial charge >= 0.3 is 0 Å². The number of rotatable bonds is 6. The van der Waals surface area contributed by atoms with E-state index in [1.54, 1.807) is 0 Å². The lowest BCUT2D eigenvalue weighted by molar-refractivity contribution is 1.07. The van der Waals surface area contributed by atoms with Crippen molar-refractivity contribution in [1.29, 1.82) is 0 Å². The Kier molecular flexibility index (Phi) is 7.42. The summed E-state index contributed by atoms with van der Waals surface area (Å²) in [5.41, 5.74) is 11.9. The molecule has 0 aliphatic heterocycles. The van der Waals surface area contributed by atoms with Gasteiger partial charge in [-0.15, -0.1) is 0 Å². The zero-order chi connectivity index (χ0) is 37.0. The highest BCUT2D eigenvalue weighted by Gasteiger charge is 2.18. The minimum atomic E-state index is 0.620. The largest absolute Gasteiger partial charge is 0.309 e. The second-order valence-corrected chi connectivity index (χ2v) is 14.1. The number of aromatic nitrogens is 5. The average Bonchev–Trinajstić information content (AvgIpc) is 3.79. The molecule has 0 atom stereocenters. The van der Waals surface area contributed by atoms with Crippen molar-refractivity contribution in [3.05, 3.63) is 200 Å². The zero-order valence-electron chi connectivity index (χ0n) is 30.3. The maximum atomic E-state index is 5.21. The van der Waals surface area contributed by atoms with Crippen LogP contribution >= 0.6 is 0 Å². The summed E-state index contributed by atoms with van der Waals surface area (Å²) < 4.78 is 4.67. The molecule has 0 fully saturated rings. The minimum absolute atomic E-state index is 0.620. The summed E-state index contributed by atoms with van der Waals surface area (Å²) in [7, 11) is 0. The summed E-state index contributed by atoms with van der Waals surface area (Å²) in [6, 6.07) is 70.3. The highest BCUT2D eigenvalue weighted by molar-refractivity contribution is 6.11.